The van der Waals surface area contributed by atoms with E-state index in [0.29, 0.717) is 6.54 Å². The van der Waals surface area contributed by atoms with E-state index in [1.807, 2.05) is 0 Å². The smallest absolute Gasteiger partial charge is 0.358 e. The molecule has 0 N–H and O–H groups in total. The maximum Gasteiger partial charge on any atom is 0.389 e. The van der Waals surface area contributed by atoms with E-state index in [9.17, 15) is 10.1 Å². The lowest BCUT2D eigenvalue weighted by molar-refractivity contribution is -0.389. The number of hydrogen-bond acceptors (Lipinski definition) is 5. The van der Waals surface area contributed by atoms with Crippen molar-refractivity contribution < 1.29 is 4.92 Å². The van der Waals surface area contributed by atoms with Crippen LogP contribution in [0, 0.1) is 10.1 Å². The van der Waals surface area contributed by atoms with Crippen LogP contribution in [0.1, 0.15) is 0 Å². The van der Waals surface area contributed by atoms with Gasteiger partial charge >= 0.3 is 5.82 Å². The summed E-state index contributed by atoms with van der Waals surface area (Å²) in [7, 11) is 2.12. The lowest BCUT2D eigenvalue weighted by Gasteiger charge is -2.31. The van der Waals surface area contributed by atoms with Gasteiger partial charge in [0, 0.05) is 32.7 Å². The van der Waals surface area contributed by atoms with Crippen molar-refractivity contribution in [3.63, 3.8) is 0 Å². The fourth-order valence-corrected chi connectivity index (χ4v) is 1.89. The zero-order valence-electron chi connectivity index (χ0n) is 9.95. The molecule has 7 nitrogen and oxygen atoms in total. The van der Waals surface area contributed by atoms with Crippen molar-refractivity contribution in [2.24, 2.45) is 0 Å². The van der Waals surface area contributed by atoms with Crippen molar-refractivity contribution in [3.05, 3.63) is 22.4 Å². The van der Waals surface area contributed by atoms with Gasteiger partial charge in [0.15, 0.2) is 0 Å². The normalized spacial score (nSPS) is 18.4. The molecule has 0 atom stereocenters. The molecule has 1 fully saturated rings. The molecule has 2 heterocycles. The van der Waals surface area contributed by atoms with E-state index in [-0.39, 0.29) is 5.82 Å². The van der Waals surface area contributed by atoms with Gasteiger partial charge in [0.05, 0.1) is 23.9 Å². The number of nitrogens with zero attached hydrogens (tertiary/aromatic N) is 5. The first kappa shape index (κ1) is 12.0. The van der Waals surface area contributed by atoms with E-state index in [1.54, 1.807) is 10.9 Å². The Labute approximate surface area is 99.8 Å². The van der Waals surface area contributed by atoms with E-state index in [2.05, 4.69) is 21.9 Å². The molecule has 1 aromatic heterocycles. The van der Waals surface area contributed by atoms with E-state index < -0.39 is 4.92 Å². The van der Waals surface area contributed by atoms with Crippen molar-refractivity contribution in [2.75, 3.05) is 39.8 Å². The second kappa shape index (κ2) is 5.24. The van der Waals surface area contributed by atoms with Gasteiger partial charge in [0.1, 0.15) is 0 Å². The number of rotatable bonds is 4. The second-order valence-corrected chi connectivity index (χ2v) is 4.34. The molecule has 0 amide bonds. The van der Waals surface area contributed by atoms with Crippen molar-refractivity contribution in [3.8, 4) is 0 Å². The summed E-state index contributed by atoms with van der Waals surface area (Å²) < 4.78 is 1.64. The lowest BCUT2D eigenvalue weighted by atomic mass is 10.3. The minimum Gasteiger partial charge on any atom is -0.358 e. The summed E-state index contributed by atoms with van der Waals surface area (Å²) >= 11 is 0. The van der Waals surface area contributed by atoms with E-state index in [4.69, 9.17) is 0 Å². The molecule has 1 aromatic rings. The van der Waals surface area contributed by atoms with Crippen LogP contribution in [0.25, 0.3) is 0 Å². The minimum absolute atomic E-state index is 0.0802. The maximum absolute atomic E-state index is 10.5. The van der Waals surface area contributed by atoms with Crippen LogP contribution in [0.5, 0.6) is 0 Å². The van der Waals surface area contributed by atoms with Gasteiger partial charge in [-0.05, 0) is 12.0 Å². The van der Waals surface area contributed by atoms with Crippen molar-refractivity contribution >= 4 is 5.82 Å². The molecule has 1 aliphatic heterocycles. The molecule has 1 saturated heterocycles. The lowest BCUT2D eigenvalue weighted by Crippen LogP contribution is -2.45. The number of aromatic nitrogens is 2. The van der Waals surface area contributed by atoms with Crippen molar-refractivity contribution in [2.45, 2.75) is 6.54 Å². The number of likely N-dealkylation sites (N-methyl/N-ethyl adjacent to an activating group) is 1. The summed E-state index contributed by atoms with van der Waals surface area (Å²) in [5.41, 5.74) is 0. The molecule has 0 unspecified atom stereocenters. The van der Waals surface area contributed by atoms with E-state index in [0.717, 1.165) is 32.7 Å². The van der Waals surface area contributed by atoms with Gasteiger partial charge in [-0.25, -0.2) is 0 Å². The molecule has 0 spiro atoms. The standard InChI is InChI=1S/C10H17N5O2/c1-12-4-6-13(7-5-12)8-9-14-3-2-10(11-14)15(16)17/h2-3H,4-9H2,1H3. The highest BCUT2D eigenvalue weighted by molar-refractivity contribution is 5.13. The zero-order chi connectivity index (χ0) is 12.3. The molecular formula is C10H17N5O2. The maximum atomic E-state index is 10.5. The first-order valence-electron chi connectivity index (χ1n) is 5.74. The molecule has 0 bridgehead atoms. The largest absolute Gasteiger partial charge is 0.389 e. The van der Waals surface area contributed by atoms with Crippen LogP contribution in [0.4, 0.5) is 5.82 Å². The topological polar surface area (TPSA) is 67.4 Å². The highest BCUT2D eigenvalue weighted by Gasteiger charge is 2.15. The third kappa shape index (κ3) is 3.24. The first-order chi connectivity index (χ1) is 8.15. The van der Waals surface area contributed by atoms with Gasteiger partial charge in [0.25, 0.3) is 0 Å². The molecule has 17 heavy (non-hydrogen) atoms. The van der Waals surface area contributed by atoms with Crippen LogP contribution in [-0.4, -0.2) is 64.3 Å². The van der Waals surface area contributed by atoms with E-state index >= 15 is 0 Å². The Hall–Kier alpha value is -1.47. The number of nitro groups is 1. The van der Waals surface area contributed by atoms with Crippen LogP contribution in [-0.2, 0) is 6.54 Å². The van der Waals surface area contributed by atoms with E-state index in [1.165, 1.54) is 6.07 Å². The predicted molar refractivity (Wildman–Crippen MR) is 62.8 cm³/mol. The minimum atomic E-state index is -0.466. The van der Waals surface area contributed by atoms with Gasteiger partial charge < -0.3 is 15.0 Å². The SMILES string of the molecule is CN1CCN(CCn2ccc([N+](=O)[O-])n2)CC1. The Bertz CT molecular complexity index is 384. The number of hydrogen-bond donors (Lipinski definition) is 0. The Kier molecular flexibility index (Phi) is 3.70. The molecule has 1 aliphatic rings. The van der Waals surface area contributed by atoms with Crippen molar-refractivity contribution in [1.82, 2.24) is 19.6 Å². The zero-order valence-corrected chi connectivity index (χ0v) is 9.95. The van der Waals surface area contributed by atoms with Gasteiger partial charge in [0.2, 0.25) is 0 Å². The fourth-order valence-electron chi connectivity index (χ4n) is 1.89. The molecular weight excluding hydrogens is 222 g/mol. The quantitative estimate of drug-likeness (QED) is 0.548. The third-order valence-corrected chi connectivity index (χ3v) is 3.05. The first-order valence-corrected chi connectivity index (χ1v) is 5.74. The van der Waals surface area contributed by atoms with Crippen LogP contribution in [0.3, 0.4) is 0 Å². The molecule has 0 saturated carbocycles. The fraction of sp³-hybridized carbons (Fsp3) is 0.700. The van der Waals surface area contributed by atoms with Gasteiger partial charge in [-0.15, -0.1) is 0 Å². The molecule has 2 rings (SSSR count). The molecule has 0 aliphatic carbocycles. The molecule has 0 aromatic carbocycles. The highest BCUT2D eigenvalue weighted by atomic mass is 16.6. The summed E-state index contributed by atoms with van der Waals surface area (Å²) in [6, 6.07) is 1.43. The molecule has 94 valence electrons. The predicted octanol–water partition coefficient (Wildman–Crippen LogP) is 0.0387. The summed E-state index contributed by atoms with van der Waals surface area (Å²) in [5.74, 6) is -0.0802. The Balaban J connectivity index is 1.79. The van der Waals surface area contributed by atoms with Gasteiger partial charge in [-0.2, -0.15) is 4.68 Å². The highest BCUT2D eigenvalue weighted by Crippen LogP contribution is 2.05. The molecule has 7 heteroatoms. The summed E-state index contributed by atoms with van der Waals surface area (Å²) in [5, 5.41) is 14.4. The van der Waals surface area contributed by atoms with Crippen LogP contribution in [0.15, 0.2) is 12.3 Å². The summed E-state index contributed by atoms with van der Waals surface area (Å²) in [4.78, 5) is 14.7. The molecule has 0 radical (unpaired) electrons. The number of piperazine rings is 1. The van der Waals surface area contributed by atoms with Crippen molar-refractivity contribution in [1.29, 1.82) is 0 Å². The monoisotopic (exact) mass is 239 g/mol. The summed E-state index contributed by atoms with van der Waals surface area (Å²) in [6.07, 6.45) is 1.66. The van der Waals surface area contributed by atoms with Crippen LogP contribution >= 0.6 is 0 Å². The summed E-state index contributed by atoms with van der Waals surface area (Å²) in [6.45, 7) is 5.88. The average molecular weight is 239 g/mol. The average Bonchev–Trinajstić information content (AvgIpc) is 2.77. The third-order valence-electron chi connectivity index (χ3n) is 3.05. The Morgan fingerprint density at radius 1 is 1.35 bits per heavy atom. The van der Waals surface area contributed by atoms with Crippen LogP contribution in [0.2, 0.25) is 0 Å². The van der Waals surface area contributed by atoms with Gasteiger partial charge in [-0.1, -0.05) is 0 Å². The second-order valence-electron chi connectivity index (χ2n) is 4.34. The Morgan fingerprint density at radius 2 is 2.06 bits per heavy atom. The van der Waals surface area contributed by atoms with Crippen LogP contribution < -0.4 is 0 Å². The Morgan fingerprint density at radius 3 is 2.65 bits per heavy atom. The van der Waals surface area contributed by atoms with Gasteiger partial charge in [-0.3, -0.25) is 4.90 Å².